The summed E-state index contributed by atoms with van der Waals surface area (Å²) in [5.74, 6) is 1.19. The minimum Gasteiger partial charge on any atom is -0.396 e. The number of unbranched alkanes of at least 4 members (excludes halogenated alkanes) is 13. The molecule has 0 amide bonds. The van der Waals surface area contributed by atoms with Crippen LogP contribution in [-0.2, 0) is 9.47 Å². The van der Waals surface area contributed by atoms with Crippen molar-refractivity contribution in [3.05, 3.63) is 0 Å². The Bertz CT molecular complexity index is 264. The highest BCUT2D eigenvalue weighted by Crippen LogP contribution is 2.18. The zero-order valence-corrected chi connectivity index (χ0v) is 19.2. The van der Waals surface area contributed by atoms with E-state index in [-0.39, 0.29) is 6.61 Å². The second kappa shape index (κ2) is 24.3. The van der Waals surface area contributed by atoms with Crippen molar-refractivity contribution < 1.29 is 14.6 Å². The van der Waals surface area contributed by atoms with Crippen molar-refractivity contribution in [1.82, 2.24) is 0 Å². The maximum absolute atomic E-state index is 9.17. The SMILES string of the molecule is CCCCCCCCCCCCCCCCSC(CCO)COCCOC. The van der Waals surface area contributed by atoms with Gasteiger partial charge in [-0.2, -0.15) is 11.8 Å². The minimum absolute atomic E-state index is 0.254. The fourth-order valence-corrected chi connectivity index (χ4v) is 4.43. The lowest BCUT2D eigenvalue weighted by Gasteiger charge is -2.15. The van der Waals surface area contributed by atoms with Crippen LogP contribution in [0.25, 0.3) is 0 Å². The number of ether oxygens (including phenoxy) is 2. The summed E-state index contributed by atoms with van der Waals surface area (Å²) in [6, 6.07) is 0. The Kier molecular flexibility index (Phi) is 24.5. The molecule has 164 valence electrons. The average molecular weight is 405 g/mol. The predicted octanol–water partition coefficient (Wildman–Crippen LogP) is 6.61. The summed E-state index contributed by atoms with van der Waals surface area (Å²) in [4.78, 5) is 0. The third kappa shape index (κ3) is 22.4. The summed E-state index contributed by atoms with van der Waals surface area (Å²) in [5.41, 5.74) is 0. The molecule has 0 aliphatic heterocycles. The normalized spacial score (nSPS) is 12.6. The standard InChI is InChI=1S/C23H48O3S/c1-3-4-5-6-7-8-9-10-11-12-13-14-15-16-21-27-23(17-18-24)22-26-20-19-25-2/h23-24H,3-22H2,1-2H3. The lowest BCUT2D eigenvalue weighted by Crippen LogP contribution is -2.16. The summed E-state index contributed by atoms with van der Waals surface area (Å²) < 4.78 is 10.6. The Balaban J connectivity index is 3.27. The molecule has 0 aromatic carbocycles. The molecule has 0 fully saturated rings. The van der Waals surface area contributed by atoms with Crippen LogP contribution in [0.15, 0.2) is 0 Å². The molecule has 1 unspecified atom stereocenters. The molecule has 0 saturated heterocycles. The fourth-order valence-electron chi connectivity index (χ4n) is 3.26. The average Bonchev–Trinajstić information content (AvgIpc) is 2.68. The van der Waals surface area contributed by atoms with Gasteiger partial charge in [0, 0.05) is 19.0 Å². The summed E-state index contributed by atoms with van der Waals surface area (Å²) in [6.45, 7) is 4.57. The first-order chi connectivity index (χ1) is 13.3. The molecule has 1 atom stereocenters. The van der Waals surface area contributed by atoms with E-state index in [0.717, 1.165) is 13.0 Å². The van der Waals surface area contributed by atoms with E-state index >= 15 is 0 Å². The van der Waals surface area contributed by atoms with Crippen molar-refractivity contribution in [1.29, 1.82) is 0 Å². The van der Waals surface area contributed by atoms with Gasteiger partial charge in [-0.05, 0) is 18.6 Å². The van der Waals surface area contributed by atoms with Crippen LogP contribution in [0.5, 0.6) is 0 Å². The Morgan fingerprint density at radius 2 is 1.26 bits per heavy atom. The Labute approximate surface area is 174 Å². The summed E-state index contributed by atoms with van der Waals surface area (Å²) in [7, 11) is 1.69. The van der Waals surface area contributed by atoms with Crippen molar-refractivity contribution in [2.24, 2.45) is 0 Å². The largest absolute Gasteiger partial charge is 0.396 e. The van der Waals surface area contributed by atoms with Crippen LogP contribution in [0.1, 0.15) is 103 Å². The molecular formula is C23H48O3S. The van der Waals surface area contributed by atoms with Crippen LogP contribution in [0.2, 0.25) is 0 Å². The van der Waals surface area contributed by atoms with Crippen molar-refractivity contribution in [3.63, 3.8) is 0 Å². The van der Waals surface area contributed by atoms with E-state index in [4.69, 9.17) is 9.47 Å². The number of aliphatic hydroxyl groups is 1. The van der Waals surface area contributed by atoms with Gasteiger partial charge in [0.15, 0.2) is 0 Å². The highest BCUT2D eigenvalue weighted by molar-refractivity contribution is 7.99. The molecule has 0 radical (unpaired) electrons. The van der Waals surface area contributed by atoms with Crippen LogP contribution >= 0.6 is 11.8 Å². The monoisotopic (exact) mass is 404 g/mol. The molecule has 0 heterocycles. The van der Waals surface area contributed by atoms with Crippen molar-refractivity contribution >= 4 is 11.8 Å². The molecule has 4 heteroatoms. The molecule has 0 aromatic rings. The lowest BCUT2D eigenvalue weighted by molar-refractivity contribution is 0.0690. The quantitative estimate of drug-likeness (QED) is 0.194. The van der Waals surface area contributed by atoms with Gasteiger partial charge in [-0.3, -0.25) is 0 Å². The Morgan fingerprint density at radius 3 is 1.74 bits per heavy atom. The summed E-state index contributed by atoms with van der Waals surface area (Å²) in [5, 5.41) is 9.60. The molecular weight excluding hydrogens is 356 g/mol. The minimum atomic E-state index is 0.254. The van der Waals surface area contributed by atoms with Crippen molar-refractivity contribution in [2.45, 2.75) is 108 Å². The molecule has 0 saturated carbocycles. The second-order valence-corrected chi connectivity index (χ2v) is 9.08. The highest BCUT2D eigenvalue weighted by atomic mass is 32.2. The van der Waals surface area contributed by atoms with E-state index in [0.29, 0.717) is 18.5 Å². The van der Waals surface area contributed by atoms with Gasteiger partial charge >= 0.3 is 0 Å². The maximum Gasteiger partial charge on any atom is 0.0700 e. The highest BCUT2D eigenvalue weighted by Gasteiger charge is 2.08. The van der Waals surface area contributed by atoms with Gasteiger partial charge in [0.25, 0.3) is 0 Å². The molecule has 0 aliphatic carbocycles. The maximum atomic E-state index is 9.17. The van der Waals surface area contributed by atoms with Crippen LogP contribution in [-0.4, -0.2) is 49.6 Å². The number of rotatable bonds is 23. The number of methoxy groups -OCH3 is 1. The predicted molar refractivity (Wildman–Crippen MR) is 121 cm³/mol. The molecule has 3 nitrogen and oxygen atoms in total. The number of hydrogen-bond acceptors (Lipinski definition) is 4. The first-order valence-electron chi connectivity index (χ1n) is 11.6. The fraction of sp³-hybridized carbons (Fsp3) is 1.00. The summed E-state index contributed by atoms with van der Waals surface area (Å²) >= 11 is 1.96. The molecule has 27 heavy (non-hydrogen) atoms. The zero-order valence-electron chi connectivity index (χ0n) is 18.4. The van der Waals surface area contributed by atoms with E-state index in [1.54, 1.807) is 7.11 Å². The van der Waals surface area contributed by atoms with E-state index in [9.17, 15) is 5.11 Å². The first-order valence-corrected chi connectivity index (χ1v) is 12.7. The van der Waals surface area contributed by atoms with Crippen LogP contribution in [0, 0.1) is 0 Å². The van der Waals surface area contributed by atoms with Crippen LogP contribution < -0.4 is 0 Å². The van der Waals surface area contributed by atoms with Crippen molar-refractivity contribution in [3.8, 4) is 0 Å². The van der Waals surface area contributed by atoms with Gasteiger partial charge in [0.1, 0.15) is 0 Å². The molecule has 1 N–H and O–H groups in total. The smallest absolute Gasteiger partial charge is 0.0700 e. The van der Waals surface area contributed by atoms with Crippen LogP contribution in [0.3, 0.4) is 0 Å². The molecule has 0 aliphatic rings. The van der Waals surface area contributed by atoms with E-state index < -0.39 is 0 Å². The van der Waals surface area contributed by atoms with Crippen LogP contribution in [0.4, 0.5) is 0 Å². The lowest BCUT2D eigenvalue weighted by atomic mass is 10.0. The van der Waals surface area contributed by atoms with Gasteiger partial charge in [-0.15, -0.1) is 0 Å². The molecule has 0 aromatic heterocycles. The first kappa shape index (κ1) is 27.2. The number of hydrogen-bond donors (Lipinski definition) is 1. The second-order valence-electron chi connectivity index (χ2n) is 7.67. The van der Waals surface area contributed by atoms with Gasteiger partial charge in [0.2, 0.25) is 0 Å². The Morgan fingerprint density at radius 1 is 0.741 bits per heavy atom. The Hall–Kier alpha value is 0.230. The van der Waals surface area contributed by atoms with Gasteiger partial charge in [0.05, 0.1) is 19.8 Å². The third-order valence-corrected chi connectivity index (χ3v) is 6.41. The third-order valence-electron chi connectivity index (χ3n) is 5.04. The van der Waals surface area contributed by atoms with E-state index in [1.807, 2.05) is 11.8 Å². The van der Waals surface area contributed by atoms with Crippen molar-refractivity contribution in [2.75, 3.05) is 39.3 Å². The van der Waals surface area contributed by atoms with Gasteiger partial charge in [-0.1, -0.05) is 90.4 Å². The van der Waals surface area contributed by atoms with Gasteiger partial charge in [-0.25, -0.2) is 0 Å². The van der Waals surface area contributed by atoms with E-state index in [1.165, 1.54) is 95.6 Å². The summed E-state index contributed by atoms with van der Waals surface area (Å²) in [6.07, 6.45) is 20.6. The number of aliphatic hydroxyl groups excluding tert-OH is 1. The van der Waals surface area contributed by atoms with Gasteiger partial charge < -0.3 is 14.6 Å². The molecule has 0 spiro atoms. The molecule has 0 rings (SSSR count). The van der Waals surface area contributed by atoms with E-state index in [2.05, 4.69) is 6.92 Å². The molecule has 0 bridgehead atoms. The zero-order chi connectivity index (χ0) is 19.8. The number of thioether (sulfide) groups is 1. The topological polar surface area (TPSA) is 38.7 Å².